The largest absolute Gasteiger partial charge is 0.497 e. The van der Waals surface area contributed by atoms with Gasteiger partial charge in [0.15, 0.2) is 0 Å². The van der Waals surface area contributed by atoms with E-state index < -0.39 is 40.2 Å². The SMILES string of the molecule is COc1ccc(/C=C/C(=O)Oc2ccc(-c3ccc(OCCCCCC[Si]4(C)O[Si](C)(C)O[Si](C)(C)O[Si](C)(C)O4)cc3)cc2)cc1. The van der Waals surface area contributed by atoms with Crippen LogP contribution in [0.25, 0.3) is 17.2 Å². The summed E-state index contributed by atoms with van der Waals surface area (Å²) in [5, 5.41) is 0. The van der Waals surface area contributed by atoms with E-state index in [2.05, 4.69) is 45.8 Å². The lowest BCUT2D eigenvalue weighted by Gasteiger charge is -2.47. The molecule has 0 aromatic heterocycles. The number of hydrogen-bond acceptors (Lipinski definition) is 8. The molecule has 3 aromatic rings. The van der Waals surface area contributed by atoms with Gasteiger partial charge in [-0.3, -0.25) is 0 Å². The second kappa shape index (κ2) is 16.1. The highest BCUT2D eigenvalue weighted by atomic mass is 28.5. The van der Waals surface area contributed by atoms with Crippen molar-refractivity contribution in [3.63, 3.8) is 0 Å². The summed E-state index contributed by atoms with van der Waals surface area (Å²) in [5.74, 6) is 1.67. The number of methoxy groups -OCH3 is 1. The van der Waals surface area contributed by atoms with Crippen LogP contribution in [0.4, 0.5) is 0 Å². The molecule has 0 spiro atoms. The second-order valence-corrected chi connectivity index (χ2v) is 27.8. The maximum absolute atomic E-state index is 12.3. The van der Waals surface area contributed by atoms with Crippen LogP contribution < -0.4 is 14.2 Å². The Morgan fingerprint density at radius 1 is 0.617 bits per heavy atom. The molecule has 0 radical (unpaired) electrons. The van der Waals surface area contributed by atoms with Crippen LogP contribution in [0.3, 0.4) is 0 Å². The van der Waals surface area contributed by atoms with Crippen molar-refractivity contribution in [3.8, 4) is 28.4 Å². The van der Waals surface area contributed by atoms with Crippen molar-refractivity contribution in [2.75, 3.05) is 13.7 Å². The van der Waals surface area contributed by atoms with E-state index in [1.807, 2.05) is 60.7 Å². The fraction of sp³-hybridized carbons (Fsp3) is 0.400. The van der Waals surface area contributed by atoms with Crippen LogP contribution in [0.1, 0.15) is 31.2 Å². The van der Waals surface area contributed by atoms with Crippen molar-refractivity contribution in [2.24, 2.45) is 0 Å². The molecule has 4 rings (SSSR count). The summed E-state index contributed by atoms with van der Waals surface area (Å²) in [4.78, 5) is 12.3. The molecule has 0 saturated carbocycles. The molecule has 0 unspecified atom stereocenters. The summed E-state index contributed by atoms with van der Waals surface area (Å²) in [5.41, 5.74) is 2.97. The van der Waals surface area contributed by atoms with Gasteiger partial charge >= 0.3 is 40.2 Å². The third-order valence-electron chi connectivity index (χ3n) is 7.49. The molecule has 1 heterocycles. The summed E-state index contributed by atoms with van der Waals surface area (Å²) in [7, 11) is -7.69. The third kappa shape index (κ3) is 12.3. The minimum absolute atomic E-state index is 0.434. The van der Waals surface area contributed by atoms with E-state index in [9.17, 15) is 4.79 Å². The predicted octanol–water partition coefficient (Wildman–Crippen LogP) is 9.18. The lowest BCUT2D eigenvalue weighted by molar-refractivity contribution is -0.128. The standard InChI is InChI=1S/C35H50O8Si4/c1-37-32-20-13-29(14-21-32)15-26-35(36)39-34-24-18-31(19-25-34)30-16-22-33(23-17-30)38-27-11-9-10-12-28-47(8)42-45(4,5)40-44(2,3)41-46(6,7)43-47/h13-26H,9-12,27-28H2,1-8H3/b26-15+. The first-order chi connectivity index (χ1) is 22.1. The van der Waals surface area contributed by atoms with Gasteiger partial charge in [-0.2, -0.15) is 0 Å². The van der Waals surface area contributed by atoms with Crippen molar-refractivity contribution >= 4 is 46.3 Å². The van der Waals surface area contributed by atoms with Crippen LogP contribution in [-0.2, 0) is 21.3 Å². The Kier molecular flexibility index (Phi) is 12.6. The molecule has 1 saturated heterocycles. The number of esters is 1. The molecular formula is C35H50O8Si4. The van der Waals surface area contributed by atoms with Gasteiger partial charge in [-0.1, -0.05) is 55.7 Å². The number of benzene rings is 3. The van der Waals surface area contributed by atoms with Gasteiger partial charge in [0.05, 0.1) is 13.7 Å². The van der Waals surface area contributed by atoms with Crippen LogP contribution >= 0.6 is 0 Å². The van der Waals surface area contributed by atoms with Gasteiger partial charge < -0.3 is 30.7 Å². The monoisotopic (exact) mass is 710 g/mol. The maximum atomic E-state index is 12.3. The van der Waals surface area contributed by atoms with E-state index in [1.54, 1.807) is 25.3 Å². The van der Waals surface area contributed by atoms with E-state index in [0.29, 0.717) is 12.4 Å². The molecule has 47 heavy (non-hydrogen) atoms. The Hall–Kier alpha value is -2.82. The van der Waals surface area contributed by atoms with Crippen LogP contribution in [0.5, 0.6) is 17.2 Å². The highest BCUT2D eigenvalue weighted by Gasteiger charge is 2.52. The zero-order chi connectivity index (χ0) is 34.1. The molecule has 0 aliphatic carbocycles. The lowest BCUT2D eigenvalue weighted by atomic mass is 10.1. The topological polar surface area (TPSA) is 81.7 Å². The highest BCUT2D eigenvalue weighted by molar-refractivity contribution is 6.93. The Morgan fingerprint density at radius 2 is 1.11 bits per heavy atom. The van der Waals surface area contributed by atoms with Gasteiger partial charge in [0.2, 0.25) is 0 Å². The van der Waals surface area contributed by atoms with Crippen LogP contribution in [0, 0.1) is 0 Å². The first kappa shape index (κ1) is 37.0. The molecule has 0 N–H and O–H groups in total. The molecule has 8 nitrogen and oxygen atoms in total. The predicted molar refractivity (Wildman–Crippen MR) is 197 cm³/mol. The van der Waals surface area contributed by atoms with Crippen molar-refractivity contribution in [3.05, 3.63) is 84.4 Å². The molecule has 1 aliphatic rings. The minimum Gasteiger partial charge on any atom is -0.497 e. The molecule has 254 valence electrons. The number of ether oxygens (including phenoxy) is 3. The van der Waals surface area contributed by atoms with E-state index >= 15 is 0 Å². The highest BCUT2D eigenvalue weighted by Crippen LogP contribution is 2.33. The molecule has 0 atom stereocenters. The number of unbranched alkanes of at least 4 members (excludes halogenated alkanes) is 3. The van der Waals surface area contributed by atoms with E-state index in [-0.39, 0.29) is 0 Å². The van der Waals surface area contributed by atoms with Gasteiger partial charge in [-0.25, -0.2) is 4.79 Å². The summed E-state index contributed by atoms with van der Waals surface area (Å²) >= 11 is 0. The summed E-state index contributed by atoms with van der Waals surface area (Å²) in [6, 6.07) is 23.9. The number of carbonyl (C=O) groups is 1. The van der Waals surface area contributed by atoms with Gasteiger partial charge in [0.25, 0.3) is 0 Å². The van der Waals surface area contributed by atoms with Crippen LogP contribution in [-0.4, -0.2) is 53.9 Å². The molecule has 1 fully saturated rings. The number of hydrogen-bond donors (Lipinski definition) is 0. The first-order valence-corrected chi connectivity index (χ1v) is 27.3. The van der Waals surface area contributed by atoms with E-state index in [1.165, 1.54) is 6.08 Å². The summed E-state index contributed by atoms with van der Waals surface area (Å²) in [6.45, 7) is 15.5. The fourth-order valence-corrected chi connectivity index (χ4v) is 27.7. The number of carbonyl (C=O) groups excluding carboxylic acids is 1. The average molecular weight is 711 g/mol. The van der Waals surface area contributed by atoms with Crippen molar-refractivity contribution < 1.29 is 35.5 Å². The van der Waals surface area contributed by atoms with E-state index in [0.717, 1.165) is 59.9 Å². The quantitative estimate of drug-likeness (QED) is 0.0571. The average Bonchev–Trinajstić information content (AvgIpc) is 2.98. The summed E-state index contributed by atoms with van der Waals surface area (Å²) in [6.07, 6.45) is 7.37. The molecule has 3 aromatic carbocycles. The number of rotatable bonds is 13. The Bertz CT molecular complexity index is 1450. The molecule has 0 bridgehead atoms. The first-order valence-electron chi connectivity index (χ1n) is 16.3. The van der Waals surface area contributed by atoms with Gasteiger partial charge in [-0.05, 0) is 117 Å². The van der Waals surface area contributed by atoms with Crippen molar-refractivity contribution in [1.82, 2.24) is 0 Å². The van der Waals surface area contributed by atoms with Crippen LogP contribution in [0.2, 0.25) is 51.9 Å². The Labute approximate surface area is 285 Å². The lowest BCUT2D eigenvalue weighted by Crippen LogP contribution is -2.64. The van der Waals surface area contributed by atoms with E-state index in [4.69, 9.17) is 30.7 Å². The van der Waals surface area contributed by atoms with Crippen molar-refractivity contribution in [1.29, 1.82) is 0 Å². The normalized spacial score (nSPS) is 18.2. The van der Waals surface area contributed by atoms with Crippen molar-refractivity contribution in [2.45, 2.75) is 77.6 Å². The molecule has 0 amide bonds. The van der Waals surface area contributed by atoms with Gasteiger partial charge in [0.1, 0.15) is 17.2 Å². The second-order valence-electron chi connectivity index (χ2n) is 13.3. The van der Waals surface area contributed by atoms with Gasteiger partial charge in [0, 0.05) is 6.08 Å². The third-order valence-corrected chi connectivity index (χ3v) is 24.0. The molecule has 12 heteroatoms. The van der Waals surface area contributed by atoms with Gasteiger partial charge in [-0.15, -0.1) is 0 Å². The summed E-state index contributed by atoms with van der Waals surface area (Å²) < 4.78 is 42.9. The fourth-order valence-electron chi connectivity index (χ4n) is 5.99. The molecular weight excluding hydrogens is 661 g/mol. The zero-order valence-corrected chi connectivity index (χ0v) is 33.1. The Morgan fingerprint density at radius 3 is 1.66 bits per heavy atom. The van der Waals surface area contributed by atoms with Crippen LogP contribution in [0.15, 0.2) is 78.9 Å². The minimum atomic E-state index is -2.40. The molecule has 1 aliphatic heterocycles. The Balaban J connectivity index is 1.16. The zero-order valence-electron chi connectivity index (χ0n) is 29.1. The smallest absolute Gasteiger partial charge is 0.336 e. The maximum Gasteiger partial charge on any atom is 0.336 e.